The van der Waals surface area contributed by atoms with Gasteiger partial charge in [-0.1, -0.05) is 12.1 Å². The SMILES string of the molecule is O[C@@H]1c2cnccc2CC[C@H]1[C@H]1c2ccc(F)cc2-c2cncn21.O[C@H]1c2cnccc2CC[C@@H]1[C@@H]1c2ccc(F)cc2-c2cncn21. The molecule has 10 rings (SSSR count). The Labute approximate surface area is 275 Å². The highest BCUT2D eigenvalue weighted by Crippen LogP contribution is 2.51. The molecule has 10 heteroatoms. The van der Waals surface area contributed by atoms with Crippen LogP contribution < -0.4 is 0 Å². The van der Waals surface area contributed by atoms with Crippen LogP contribution in [0.25, 0.3) is 22.5 Å². The number of aromatic nitrogens is 6. The molecule has 4 aliphatic rings. The minimum Gasteiger partial charge on any atom is -0.388 e. The van der Waals surface area contributed by atoms with E-state index in [-0.39, 0.29) is 35.6 Å². The van der Waals surface area contributed by atoms with E-state index in [1.165, 1.54) is 12.1 Å². The molecule has 2 aliphatic heterocycles. The van der Waals surface area contributed by atoms with Crippen LogP contribution in [-0.4, -0.2) is 39.3 Å². The number of rotatable bonds is 2. The Balaban J connectivity index is 0.000000131. The Hall–Kier alpha value is -5.06. The lowest BCUT2D eigenvalue weighted by atomic mass is 9.76. The van der Waals surface area contributed by atoms with Gasteiger partial charge in [0.15, 0.2) is 0 Å². The maximum atomic E-state index is 13.7. The van der Waals surface area contributed by atoms with Crippen LogP contribution in [0.3, 0.4) is 0 Å². The zero-order valence-electron chi connectivity index (χ0n) is 25.9. The first-order chi connectivity index (χ1) is 23.5. The van der Waals surface area contributed by atoms with Gasteiger partial charge in [0.05, 0.1) is 60.7 Å². The maximum absolute atomic E-state index is 13.7. The second-order valence-electron chi connectivity index (χ2n) is 13.2. The molecule has 2 aliphatic carbocycles. The first-order valence-electron chi connectivity index (χ1n) is 16.3. The van der Waals surface area contributed by atoms with Gasteiger partial charge < -0.3 is 19.3 Å². The third kappa shape index (κ3) is 4.47. The van der Waals surface area contributed by atoms with Crippen LogP contribution in [0.1, 0.15) is 70.5 Å². The molecule has 6 atom stereocenters. The van der Waals surface area contributed by atoms with E-state index in [4.69, 9.17) is 0 Å². The number of hydrogen-bond donors (Lipinski definition) is 2. The zero-order chi connectivity index (χ0) is 32.5. The van der Waals surface area contributed by atoms with Crippen LogP contribution in [0.4, 0.5) is 8.78 Å². The number of benzene rings is 2. The van der Waals surface area contributed by atoms with Crippen molar-refractivity contribution in [1.82, 2.24) is 29.1 Å². The Morgan fingerprint density at radius 3 is 1.48 bits per heavy atom. The summed E-state index contributed by atoms with van der Waals surface area (Å²) in [4.78, 5) is 16.8. The Kier molecular flexibility index (Phi) is 6.84. The lowest BCUT2D eigenvalue weighted by Gasteiger charge is -2.35. The Bertz CT molecular complexity index is 2020. The summed E-state index contributed by atoms with van der Waals surface area (Å²) in [5.41, 5.74) is 9.85. The standard InChI is InChI=1S/2C19H16FN3O/c2*20-12-2-4-13-15(7-12)17-9-22-10-23(17)18(13)14-3-1-11-5-6-21-8-16(11)19(14)24/h2*2,4-10,14,18-19,24H,1,3H2/t2*14-,18+,19-/m10/s1. The van der Waals surface area contributed by atoms with Crippen molar-refractivity contribution in [3.63, 3.8) is 0 Å². The van der Waals surface area contributed by atoms with Crippen molar-refractivity contribution in [1.29, 1.82) is 0 Å². The van der Waals surface area contributed by atoms with Gasteiger partial charge >= 0.3 is 0 Å². The second-order valence-corrected chi connectivity index (χ2v) is 13.2. The molecule has 48 heavy (non-hydrogen) atoms. The number of aliphatic hydroxyl groups is 2. The van der Waals surface area contributed by atoms with Gasteiger partial charge in [0.1, 0.15) is 11.6 Å². The molecule has 0 radical (unpaired) electrons. The fourth-order valence-corrected chi connectivity index (χ4v) is 8.60. The monoisotopic (exact) mass is 642 g/mol. The number of pyridine rings is 2. The first kappa shape index (κ1) is 29.1. The molecule has 0 spiro atoms. The molecule has 0 fully saturated rings. The van der Waals surface area contributed by atoms with E-state index < -0.39 is 12.2 Å². The fraction of sp³-hybridized carbons (Fsp3) is 0.263. The number of fused-ring (bicyclic) bond motifs is 8. The van der Waals surface area contributed by atoms with Crippen LogP contribution in [0.15, 0.2) is 98.4 Å². The van der Waals surface area contributed by atoms with Gasteiger partial charge in [-0.3, -0.25) is 9.97 Å². The number of halogens is 2. The first-order valence-corrected chi connectivity index (χ1v) is 16.3. The van der Waals surface area contributed by atoms with Crippen molar-refractivity contribution >= 4 is 0 Å². The minimum atomic E-state index is -0.585. The van der Waals surface area contributed by atoms with E-state index in [0.717, 1.165) is 81.6 Å². The smallest absolute Gasteiger partial charge is 0.123 e. The van der Waals surface area contributed by atoms with Crippen molar-refractivity contribution in [3.8, 4) is 22.5 Å². The number of nitrogens with zero attached hydrogens (tertiary/aromatic N) is 6. The van der Waals surface area contributed by atoms with E-state index in [1.54, 1.807) is 62.0 Å². The molecule has 2 aromatic carbocycles. The summed E-state index contributed by atoms with van der Waals surface area (Å²) >= 11 is 0. The normalized spacial score (nSPS) is 24.3. The fourth-order valence-electron chi connectivity index (χ4n) is 8.60. The summed E-state index contributed by atoms with van der Waals surface area (Å²) in [6.07, 6.45) is 16.6. The molecule has 2 N–H and O–H groups in total. The molecule has 6 heterocycles. The van der Waals surface area contributed by atoms with Crippen LogP contribution in [0.2, 0.25) is 0 Å². The van der Waals surface area contributed by atoms with E-state index >= 15 is 0 Å². The van der Waals surface area contributed by atoms with E-state index in [9.17, 15) is 19.0 Å². The summed E-state index contributed by atoms with van der Waals surface area (Å²) in [5, 5.41) is 22.0. The highest BCUT2D eigenvalue weighted by molar-refractivity contribution is 5.70. The summed E-state index contributed by atoms with van der Waals surface area (Å²) < 4.78 is 31.6. The van der Waals surface area contributed by atoms with Crippen molar-refractivity contribution < 1.29 is 19.0 Å². The van der Waals surface area contributed by atoms with Gasteiger partial charge in [-0.05, 0) is 84.3 Å². The van der Waals surface area contributed by atoms with Gasteiger partial charge in [-0.15, -0.1) is 0 Å². The maximum Gasteiger partial charge on any atom is 0.123 e. The van der Waals surface area contributed by atoms with E-state index in [1.807, 2.05) is 24.3 Å². The summed E-state index contributed by atoms with van der Waals surface area (Å²) in [5.74, 6) is -0.468. The van der Waals surface area contributed by atoms with Crippen LogP contribution >= 0.6 is 0 Å². The van der Waals surface area contributed by atoms with E-state index in [2.05, 4.69) is 29.1 Å². The summed E-state index contributed by atoms with van der Waals surface area (Å²) in [7, 11) is 0. The molecular formula is C38H32F2N6O2. The van der Waals surface area contributed by atoms with Crippen molar-refractivity contribution in [2.24, 2.45) is 11.8 Å². The quantitative estimate of drug-likeness (QED) is 0.222. The number of imidazole rings is 2. The molecule has 0 amide bonds. The molecule has 240 valence electrons. The van der Waals surface area contributed by atoms with Gasteiger partial charge in [0.25, 0.3) is 0 Å². The molecule has 0 saturated heterocycles. The zero-order valence-corrected chi connectivity index (χ0v) is 25.9. The number of hydrogen-bond acceptors (Lipinski definition) is 6. The van der Waals surface area contributed by atoms with Gasteiger partial charge in [-0.2, -0.15) is 0 Å². The molecule has 8 nitrogen and oxygen atoms in total. The summed E-state index contributed by atoms with van der Waals surface area (Å²) in [6.45, 7) is 0. The molecule has 6 aromatic rings. The van der Waals surface area contributed by atoms with Gasteiger partial charge in [-0.25, -0.2) is 18.7 Å². The summed E-state index contributed by atoms with van der Waals surface area (Å²) in [6, 6.07) is 13.7. The molecule has 0 bridgehead atoms. The van der Waals surface area contributed by atoms with Crippen LogP contribution in [-0.2, 0) is 12.8 Å². The average molecular weight is 643 g/mol. The molecule has 4 aromatic heterocycles. The Morgan fingerprint density at radius 2 is 1.02 bits per heavy atom. The molecular weight excluding hydrogens is 610 g/mol. The predicted octanol–water partition coefficient (Wildman–Crippen LogP) is 6.57. The minimum absolute atomic E-state index is 0.0151. The Morgan fingerprint density at radius 1 is 0.562 bits per heavy atom. The largest absolute Gasteiger partial charge is 0.388 e. The van der Waals surface area contributed by atoms with Gasteiger partial charge in [0.2, 0.25) is 0 Å². The predicted molar refractivity (Wildman–Crippen MR) is 174 cm³/mol. The highest BCUT2D eigenvalue weighted by atomic mass is 19.1. The van der Waals surface area contributed by atoms with Crippen LogP contribution in [0.5, 0.6) is 0 Å². The lowest BCUT2D eigenvalue weighted by Crippen LogP contribution is -2.28. The van der Waals surface area contributed by atoms with Crippen LogP contribution in [0, 0.1) is 23.5 Å². The average Bonchev–Trinajstić information content (AvgIpc) is 3.89. The second kappa shape index (κ2) is 11.3. The van der Waals surface area contributed by atoms with Gasteiger partial charge in [0, 0.05) is 58.9 Å². The highest BCUT2D eigenvalue weighted by Gasteiger charge is 2.42. The van der Waals surface area contributed by atoms with E-state index in [0.29, 0.717) is 0 Å². The van der Waals surface area contributed by atoms with Crippen molar-refractivity contribution in [2.45, 2.75) is 50.0 Å². The third-order valence-corrected chi connectivity index (χ3v) is 10.8. The number of aliphatic hydroxyl groups excluding tert-OH is 2. The van der Waals surface area contributed by atoms with Crippen molar-refractivity contribution in [2.75, 3.05) is 0 Å². The molecule has 0 saturated carbocycles. The third-order valence-electron chi connectivity index (χ3n) is 10.8. The topological polar surface area (TPSA) is 102 Å². The van der Waals surface area contributed by atoms with Crippen molar-refractivity contribution in [3.05, 3.63) is 143 Å². The number of aryl methyl sites for hydroxylation is 2. The molecule has 0 unspecified atom stereocenters. The lowest BCUT2D eigenvalue weighted by molar-refractivity contribution is 0.0714.